The van der Waals surface area contributed by atoms with Crippen molar-refractivity contribution in [3.8, 4) is 5.75 Å². The van der Waals surface area contributed by atoms with Crippen LogP contribution in [0, 0.1) is 0 Å². The summed E-state index contributed by atoms with van der Waals surface area (Å²) in [5.41, 5.74) is 9.33. The Hall–Kier alpha value is -2.20. The van der Waals surface area contributed by atoms with Crippen molar-refractivity contribution in [3.63, 3.8) is 0 Å². The van der Waals surface area contributed by atoms with Gasteiger partial charge in [-0.1, -0.05) is 24.3 Å². The van der Waals surface area contributed by atoms with Crippen molar-refractivity contribution in [1.82, 2.24) is 5.32 Å². The van der Waals surface area contributed by atoms with Crippen LogP contribution in [0.3, 0.4) is 0 Å². The maximum Gasteiger partial charge on any atom is 0.119 e. The zero-order chi connectivity index (χ0) is 22.7. The lowest BCUT2D eigenvalue weighted by atomic mass is 9.89. The Morgan fingerprint density at radius 3 is 2.38 bits per heavy atom. The first kappa shape index (κ1) is 23.0. The molecule has 2 aromatic rings. The predicted octanol–water partition coefficient (Wildman–Crippen LogP) is 0.505. The standard InChI is InChI=1S/C24H32N2O6/c25-19-6-3-15(24-23(30)22(29)21(28)20(13-27)32-24)12-16(19)11-14-1-4-17(5-2-14)31-18-7-9-26-10-8-18/h1-6,12,18,20-24,26-30H,7-11,13,25H2/t20-,21-,22+,23-,24+/m1/s1. The fourth-order valence-corrected chi connectivity index (χ4v) is 4.34. The molecule has 0 spiro atoms. The molecule has 5 atom stereocenters. The predicted molar refractivity (Wildman–Crippen MR) is 119 cm³/mol. The van der Waals surface area contributed by atoms with E-state index in [-0.39, 0.29) is 6.10 Å². The van der Waals surface area contributed by atoms with Crippen molar-refractivity contribution in [3.05, 3.63) is 59.2 Å². The van der Waals surface area contributed by atoms with E-state index in [1.54, 1.807) is 12.1 Å². The van der Waals surface area contributed by atoms with Crippen molar-refractivity contribution in [2.24, 2.45) is 0 Å². The smallest absolute Gasteiger partial charge is 0.119 e. The number of piperidine rings is 1. The molecule has 8 heteroatoms. The van der Waals surface area contributed by atoms with E-state index in [9.17, 15) is 20.4 Å². The van der Waals surface area contributed by atoms with Crippen LogP contribution in [0.15, 0.2) is 42.5 Å². The number of anilines is 1. The highest BCUT2D eigenvalue weighted by Crippen LogP contribution is 2.34. The van der Waals surface area contributed by atoms with Gasteiger partial charge in [-0.25, -0.2) is 0 Å². The van der Waals surface area contributed by atoms with Crippen molar-refractivity contribution >= 4 is 5.69 Å². The first-order valence-corrected chi connectivity index (χ1v) is 11.1. The van der Waals surface area contributed by atoms with Gasteiger partial charge in [0.2, 0.25) is 0 Å². The van der Waals surface area contributed by atoms with E-state index in [4.69, 9.17) is 15.2 Å². The minimum absolute atomic E-state index is 0.243. The number of hydrogen-bond donors (Lipinski definition) is 6. The molecule has 0 saturated carbocycles. The molecule has 2 heterocycles. The van der Waals surface area contributed by atoms with Gasteiger partial charge in [0, 0.05) is 5.69 Å². The molecular weight excluding hydrogens is 412 g/mol. The summed E-state index contributed by atoms with van der Waals surface area (Å²) in [7, 11) is 0. The van der Waals surface area contributed by atoms with E-state index in [2.05, 4.69) is 5.32 Å². The van der Waals surface area contributed by atoms with E-state index >= 15 is 0 Å². The molecule has 0 aromatic heterocycles. The van der Waals surface area contributed by atoms with Crippen LogP contribution in [-0.4, -0.2) is 70.6 Å². The second kappa shape index (κ2) is 10.2. The third-order valence-corrected chi connectivity index (χ3v) is 6.29. The molecule has 2 aliphatic rings. The summed E-state index contributed by atoms with van der Waals surface area (Å²) < 4.78 is 11.7. The lowest BCUT2D eigenvalue weighted by molar-refractivity contribution is -0.231. The van der Waals surface area contributed by atoms with Gasteiger partial charge < -0.3 is 41.0 Å². The highest BCUT2D eigenvalue weighted by atomic mass is 16.5. The average molecular weight is 445 g/mol. The summed E-state index contributed by atoms with van der Waals surface area (Å²) in [6.07, 6.45) is -3.14. The molecule has 2 saturated heterocycles. The number of rotatable bonds is 6. The lowest BCUT2D eigenvalue weighted by Gasteiger charge is -2.40. The summed E-state index contributed by atoms with van der Waals surface area (Å²) in [4.78, 5) is 0. The first-order valence-electron chi connectivity index (χ1n) is 11.1. The van der Waals surface area contributed by atoms with Crippen LogP contribution in [0.1, 0.15) is 35.6 Å². The summed E-state index contributed by atoms with van der Waals surface area (Å²) in [5, 5.41) is 43.3. The third-order valence-electron chi connectivity index (χ3n) is 6.29. The number of nitrogens with two attached hydrogens (primary N) is 1. The van der Waals surface area contributed by atoms with Gasteiger partial charge in [-0.3, -0.25) is 0 Å². The quantitative estimate of drug-likeness (QED) is 0.355. The lowest BCUT2D eigenvalue weighted by Crippen LogP contribution is -2.55. The van der Waals surface area contributed by atoms with Gasteiger partial charge in [0.25, 0.3) is 0 Å². The molecule has 32 heavy (non-hydrogen) atoms. The Balaban J connectivity index is 1.47. The van der Waals surface area contributed by atoms with Crippen LogP contribution in [0.5, 0.6) is 5.75 Å². The van der Waals surface area contributed by atoms with E-state index in [0.29, 0.717) is 17.7 Å². The highest BCUT2D eigenvalue weighted by Gasteiger charge is 2.44. The number of nitrogens with one attached hydrogen (secondary N) is 1. The molecule has 2 fully saturated rings. The molecule has 2 aromatic carbocycles. The van der Waals surface area contributed by atoms with E-state index < -0.39 is 37.1 Å². The summed E-state index contributed by atoms with van der Waals surface area (Å²) >= 11 is 0. The van der Waals surface area contributed by atoms with Crippen molar-refractivity contribution in [1.29, 1.82) is 0 Å². The number of aliphatic hydroxyl groups excluding tert-OH is 4. The number of hydrogen-bond acceptors (Lipinski definition) is 8. The largest absolute Gasteiger partial charge is 0.490 e. The summed E-state index contributed by atoms with van der Waals surface area (Å²) in [6, 6.07) is 13.3. The first-order chi connectivity index (χ1) is 15.5. The maximum absolute atomic E-state index is 10.4. The van der Waals surface area contributed by atoms with Gasteiger partial charge in [-0.2, -0.15) is 0 Å². The molecule has 0 amide bonds. The van der Waals surface area contributed by atoms with Crippen LogP contribution in [-0.2, 0) is 11.2 Å². The third kappa shape index (κ3) is 5.06. The van der Waals surface area contributed by atoms with Crippen LogP contribution < -0.4 is 15.8 Å². The van der Waals surface area contributed by atoms with Gasteiger partial charge in [-0.15, -0.1) is 0 Å². The molecule has 7 N–H and O–H groups in total. The van der Waals surface area contributed by atoms with E-state index in [0.717, 1.165) is 42.8 Å². The minimum atomic E-state index is -1.42. The monoisotopic (exact) mass is 444 g/mol. The summed E-state index contributed by atoms with van der Waals surface area (Å²) in [5.74, 6) is 0.851. The number of benzene rings is 2. The van der Waals surface area contributed by atoms with Crippen molar-refractivity contribution in [2.75, 3.05) is 25.4 Å². The summed E-state index contributed by atoms with van der Waals surface area (Å²) in [6.45, 7) is 1.49. The Bertz CT molecular complexity index is 885. The Labute approximate surface area is 187 Å². The van der Waals surface area contributed by atoms with Crippen LogP contribution >= 0.6 is 0 Å². The van der Waals surface area contributed by atoms with Crippen molar-refractivity contribution < 1.29 is 29.9 Å². The van der Waals surface area contributed by atoms with Gasteiger partial charge >= 0.3 is 0 Å². The number of nitrogen functional groups attached to an aromatic ring is 1. The average Bonchev–Trinajstić information content (AvgIpc) is 2.81. The molecule has 174 valence electrons. The van der Waals surface area contributed by atoms with Crippen molar-refractivity contribution in [2.45, 2.75) is 55.9 Å². The Morgan fingerprint density at radius 2 is 1.69 bits per heavy atom. The van der Waals surface area contributed by atoms with E-state index in [1.807, 2.05) is 30.3 Å². The fraction of sp³-hybridized carbons (Fsp3) is 0.500. The normalized spacial score (nSPS) is 29.1. The molecule has 0 aliphatic carbocycles. The Morgan fingerprint density at radius 1 is 0.969 bits per heavy atom. The number of ether oxygens (including phenoxy) is 2. The Kier molecular flexibility index (Phi) is 7.30. The van der Waals surface area contributed by atoms with E-state index in [1.165, 1.54) is 0 Å². The molecule has 2 aliphatic heterocycles. The van der Waals surface area contributed by atoms with Gasteiger partial charge in [-0.05, 0) is 67.2 Å². The zero-order valence-electron chi connectivity index (χ0n) is 17.9. The van der Waals surface area contributed by atoms with Crippen LogP contribution in [0.2, 0.25) is 0 Å². The zero-order valence-corrected chi connectivity index (χ0v) is 17.9. The molecule has 0 bridgehead atoms. The van der Waals surface area contributed by atoms with Crippen LogP contribution in [0.25, 0.3) is 0 Å². The molecule has 4 rings (SSSR count). The molecular formula is C24H32N2O6. The van der Waals surface area contributed by atoms with Gasteiger partial charge in [0.1, 0.15) is 42.4 Å². The fourth-order valence-electron chi connectivity index (χ4n) is 4.34. The maximum atomic E-state index is 10.4. The van der Waals surface area contributed by atoms with Gasteiger partial charge in [0.15, 0.2) is 0 Å². The SMILES string of the molecule is Nc1ccc([C@@H]2O[C@H](CO)[C@@H](O)[C@H](O)[C@H]2O)cc1Cc1ccc(OC2CCNCC2)cc1. The number of aliphatic hydroxyl groups is 4. The minimum Gasteiger partial charge on any atom is -0.490 e. The second-order valence-corrected chi connectivity index (χ2v) is 8.60. The topological polar surface area (TPSA) is 137 Å². The second-order valence-electron chi connectivity index (χ2n) is 8.60. The highest BCUT2D eigenvalue weighted by molar-refractivity contribution is 5.51. The molecule has 0 unspecified atom stereocenters. The molecule has 0 radical (unpaired) electrons. The van der Waals surface area contributed by atoms with Gasteiger partial charge in [0.05, 0.1) is 6.61 Å². The molecule has 8 nitrogen and oxygen atoms in total. The van der Waals surface area contributed by atoms with Crippen LogP contribution in [0.4, 0.5) is 5.69 Å².